The van der Waals surface area contributed by atoms with E-state index >= 15 is 0 Å². The lowest BCUT2D eigenvalue weighted by Gasteiger charge is -2.17. The van der Waals surface area contributed by atoms with E-state index in [2.05, 4.69) is 0 Å². The SMILES string of the molecule is COc1ccc(F)cc1S(=O)(=O)N1CCCC1. The van der Waals surface area contributed by atoms with Gasteiger partial charge in [0, 0.05) is 13.1 Å². The maximum Gasteiger partial charge on any atom is 0.246 e. The summed E-state index contributed by atoms with van der Waals surface area (Å²) in [4.78, 5) is -0.0955. The Morgan fingerprint density at radius 1 is 1.29 bits per heavy atom. The third-order valence-corrected chi connectivity index (χ3v) is 4.73. The fourth-order valence-corrected chi connectivity index (χ4v) is 3.60. The van der Waals surface area contributed by atoms with Crippen LogP contribution in [0.15, 0.2) is 23.1 Å². The van der Waals surface area contributed by atoms with Crippen LogP contribution in [0.3, 0.4) is 0 Å². The summed E-state index contributed by atoms with van der Waals surface area (Å²) in [6.45, 7) is 0.976. The lowest BCUT2D eigenvalue weighted by molar-refractivity contribution is 0.396. The van der Waals surface area contributed by atoms with Crippen molar-refractivity contribution in [1.82, 2.24) is 4.31 Å². The summed E-state index contributed by atoms with van der Waals surface area (Å²) in [7, 11) is -2.26. The van der Waals surface area contributed by atoms with E-state index in [1.165, 1.54) is 23.5 Å². The lowest BCUT2D eigenvalue weighted by atomic mass is 10.3. The van der Waals surface area contributed by atoms with Crippen LogP contribution >= 0.6 is 0 Å². The van der Waals surface area contributed by atoms with Crippen molar-refractivity contribution in [3.8, 4) is 5.75 Å². The van der Waals surface area contributed by atoms with Crippen molar-refractivity contribution in [3.63, 3.8) is 0 Å². The zero-order valence-electron chi connectivity index (χ0n) is 9.52. The van der Waals surface area contributed by atoms with Crippen LogP contribution in [0.5, 0.6) is 5.75 Å². The Morgan fingerprint density at radius 3 is 2.53 bits per heavy atom. The summed E-state index contributed by atoms with van der Waals surface area (Å²) in [5.74, 6) is -0.401. The molecule has 1 aromatic carbocycles. The predicted molar refractivity (Wildman–Crippen MR) is 60.9 cm³/mol. The first kappa shape index (κ1) is 12.3. The maximum absolute atomic E-state index is 13.2. The molecule has 0 saturated carbocycles. The van der Waals surface area contributed by atoms with Gasteiger partial charge in [0.2, 0.25) is 10.0 Å². The maximum atomic E-state index is 13.2. The Bertz CT molecular complexity index is 509. The summed E-state index contributed by atoms with van der Waals surface area (Å²) in [5, 5.41) is 0. The minimum absolute atomic E-state index is 0.0955. The number of rotatable bonds is 3. The van der Waals surface area contributed by atoms with Gasteiger partial charge in [0.25, 0.3) is 0 Å². The summed E-state index contributed by atoms with van der Waals surface area (Å²) in [5.41, 5.74) is 0. The van der Waals surface area contributed by atoms with E-state index in [-0.39, 0.29) is 10.6 Å². The first-order valence-electron chi connectivity index (χ1n) is 5.39. The average Bonchev–Trinajstić information content (AvgIpc) is 2.83. The second-order valence-electron chi connectivity index (χ2n) is 3.91. The Hall–Kier alpha value is -1.14. The minimum Gasteiger partial charge on any atom is -0.495 e. The summed E-state index contributed by atoms with van der Waals surface area (Å²) >= 11 is 0. The quantitative estimate of drug-likeness (QED) is 0.828. The number of methoxy groups -OCH3 is 1. The standard InChI is InChI=1S/C11H14FNO3S/c1-16-10-5-4-9(12)8-11(10)17(14,15)13-6-2-3-7-13/h4-5,8H,2-3,6-7H2,1H3. The highest BCUT2D eigenvalue weighted by Gasteiger charge is 2.30. The molecule has 1 saturated heterocycles. The third-order valence-electron chi connectivity index (χ3n) is 2.81. The van der Waals surface area contributed by atoms with Gasteiger partial charge in [-0.1, -0.05) is 0 Å². The number of ether oxygens (including phenoxy) is 1. The van der Waals surface area contributed by atoms with Crippen molar-refractivity contribution in [2.45, 2.75) is 17.7 Å². The zero-order valence-corrected chi connectivity index (χ0v) is 10.3. The topological polar surface area (TPSA) is 46.6 Å². The van der Waals surface area contributed by atoms with Gasteiger partial charge in [-0.3, -0.25) is 0 Å². The van der Waals surface area contributed by atoms with E-state index in [1.54, 1.807) is 0 Å². The van der Waals surface area contributed by atoms with Gasteiger partial charge in [-0.05, 0) is 31.0 Å². The van der Waals surface area contributed by atoms with Crippen molar-refractivity contribution >= 4 is 10.0 Å². The molecule has 1 aliphatic heterocycles. The summed E-state index contributed by atoms with van der Waals surface area (Å²) < 4.78 is 44.0. The Kier molecular flexibility index (Phi) is 3.35. The van der Waals surface area contributed by atoms with E-state index < -0.39 is 15.8 Å². The minimum atomic E-state index is -3.64. The number of benzene rings is 1. The molecule has 94 valence electrons. The second-order valence-corrected chi connectivity index (χ2v) is 5.81. The van der Waals surface area contributed by atoms with Gasteiger partial charge in [-0.15, -0.1) is 0 Å². The van der Waals surface area contributed by atoms with Crippen LogP contribution in [-0.4, -0.2) is 32.9 Å². The van der Waals surface area contributed by atoms with Crippen LogP contribution < -0.4 is 4.74 Å². The Morgan fingerprint density at radius 2 is 1.94 bits per heavy atom. The fourth-order valence-electron chi connectivity index (χ4n) is 1.92. The fraction of sp³-hybridized carbons (Fsp3) is 0.455. The first-order valence-corrected chi connectivity index (χ1v) is 6.83. The third kappa shape index (κ3) is 2.28. The van der Waals surface area contributed by atoms with Gasteiger partial charge in [-0.25, -0.2) is 12.8 Å². The van der Waals surface area contributed by atoms with Gasteiger partial charge in [0.1, 0.15) is 16.5 Å². The second kappa shape index (κ2) is 4.62. The molecular weight excluding hydrogens is 245 g/mol. The van der Waals surface area contributed by atoms with Gasteiger partial charge < -0.3 is 4.74 Å². The molecule has 0 N–H and O–H groups in total. The van der Waals surface area contributed by atoms with Crippen molar-refractivity contribution < 1.29 is 17.5 Å². The molecule has 4 nitrogen and oxygen atoms in total. The van der Waals surface area contributed by atoms with Gasteiger partial charge >= 0.3 is 0 Å². The molecule has 0 amide bonds. The van der Waals surface area contributed by atoms with E-state index in [0.29, 0.717) is 13.1 Å². The highest BCUT2D eigenvalue weighted by molar-refractivity contribution is 7.89. The van der Waals surface area contributed by atoms with Crippen LogP contribution in [0.4, 0.5) is 4.39 Å². The first-order chi connectivity index (χ1) is 8.05. The van der Waals surface area contributed by atoms with Crippen LogP contribution in [0.2, 0.25) is 0 Å². The number of hydrogen-bond donors (Lipinski definition) is 0. The van der Waals surface area contributed by atoms with Crippen molar-refractivity contribution in [2.75, 3.05) is 20.2 Å². The van der Waals surface area contributed by atoms with Crippen LogP contribution in [0.1, 0.15) is 12.8 Å². The number of hydrogen-bond acceptors (Lipinski definition) is 3. The van der Waals surface area contributed by atoms with E-state index in [9.17, 15) is 12.8 Å². The molecule has 0 aliphatic carbocycles. The zero-order chi connectivity index (χ0) is 12.5. The van der Waals surface area contributed by atoms with Crippen LogP contribution in [0.25, 0.3) is 0 Å². The van der Waals surface area contributed by atoms with Crippen LogP contribution in [-0.2, 0) is 10.0 Å². The Balaban J connectivity index is 2.47. The lowest BCUT2D eigenvalue weighted by Crippen LogP contribution is -2.28. The molecule has 17 heavy (non-hydrogen) atoms. The molecule has 1 fully saturated rings. The molecule has 1 heterocycles. The van der Waals surface area contributed by atoms with Gasteiger partial charge in [0.15, 0.2) is 0 Å². The van der Waals surface area contributed by atoms with E-state index in [4.69, 9.17) is 4.74 Å². The molecule has 0 atom stereocenters. The number of nitrogens with zero attached hydrogens (tertiary/aromatic N) is 1. The largest absolute Gasteiger partial charge is 0.495 e. The molecule has 0 unspecified atom stereocenters. The molecular formula is C11H14FNO3S. The highest BCUT2D eigenvalue weighted by Crippen LogP contribution is 2.29. The molecule has 0 radical (unpaired) electrons. The number of halogens is 1. The van der Waals surface area contributed by atoms with Crippen molar-refractivity contribution in [3.05, 3.63) is 24.0 Å². The molecule has 1 aromatic rings. The molecule has 0 spiro atoms. The van der Waals surface area contributed by atoms with Gasteiger partial charge in [0.05, 0.1) is 7.11 Å². The predicted octanol–water partition coefficient (Wildman–Crippen LogP) is 1.62. The molecule has 2 rings (SSSR count). The normalized spacial score (nSPS) is 17.3. The van der Waals surface area contributed by atoms with Gasteiger partial charge in [-0.2, -0.15) is 4.31 Å². The smallest absolute Gasteiger partial charge is 0.246 e. The number of sulfonamides is 1. The molecule has 0 aromatic heterocycles. The Labute approximate surface area is 100 Å². The van der Waals surface area contributed by atoms with Crippen molar-refractivity contribution in [2.24, 2.45) is 0 Å². The molecule has 6 heteroatoms. The molecule has 0 bridgehead atoms. The summed E-state index contributed by atoms with van der Waals surface area (Å²) in [6, 6.07) is 3.52. The van der Waals surface area contributed by atoms with Crippen LogP contribution in [0, 0.1) is 5.82 Å². The molecule has 1 aliphatic rings. The van der Waals surface area contributed by atoms with E-state index in [1.807, 2.05) is 0 Å². The summed E-state index contributed by atoms with van der Waals surface area (Å²) in [6.07, 6.45) is 1.69. The average molecular weight is 259 g/mol. The van der Waals surface area contributed by atoms with Crippen molar-refractivity contribution in [1.29, 1.82) is 0 Å². The highest BCUT2D eigenvalue weighted by atomic mass is 32.2. The monoisotopic (exact) mass is 259 g/mol. The van der Waals surface area contributed by atoms with E-state index in [0.717, 1.165) is 18.9 Å².